The molecule has 3 N–H and O–H groups in total. The monoisotopic (exact) mass is 478 g/mol. The number of rotatable bonds is 6. The first-order chi connectivity index (χ1) is 17.4. The summed E-state index contributed by atoms with van der Waals surface area (Å²) >= 11 is 0. The molecule has 0 radical (unpaired) electrons. The van der Waals surface area contributed by atoms with Gasteiger partial charge in [0, 0.05) is 24.2 Å². The number of hydrogen-bond donors (Lipinski definition) is 3. The third-order valence-corrected chi connectivity index (χ3v) is 6.92. The van der Waals surface area contributed by atoms with Crippen molar-refractivity contribution in [3.63, 3.8) is 0 Å². The van der Waals surface area contributed by atoms with Crippen LogP contribution in [0.15, 0.2) is 66.7 Å². The fraction of sp³-hybridized carbons (Fsp3) is 0.214. The van der Waals surface area contributed by atoms with Crippen LogP contribution in [0.1, 0.15) is 25.0 Å². The van der Waals surface area contributed by atoms with Crippen LogP contribution < -0.4 is 10.6 Å². The highest BCUT2D eigenvalue weighted by atomic mass is 16.2. The number of para-hydroxylation sites is 1. The Labute approximate surface area is 207 Å². The average molecular weight is 479 g/mol. The first-order valence-corrected chi connectivity index (χ1v) is 12.0. The van der Waals surface area contributed by atoms with E-state index in [1.54, 1.807) is 0 Å². The van der Waals surface area contributed by atoms with Gasteiger partial charge in [-0.3, -0.25) is 14.7 Å². The predicted molar refractivity (Wildman–Crippen MR) is 140 cm³/mol. The molecule has 0 bridgehead atoms. The molecule has 1 aliphatic rings. The van der Waals surface area contributed by atoms with E-state index in [1.165, 1.54) is 0 Å². The van der Waals surface area contributed by atoms with Crippen LogP contribution in [0.5, 0.6) is 0 Å². The van der Waals surface area contributed by atoms with Gasteiger partial charge in [-0.1, -0.05) is 48.5 Å². The van der Waals surface area contributed by atoms with Crippen LogP contribution in [0.2, 0.25) is 0 Å². The van der Waals surface area contributed by atoms with E-state index in [9.17, 15) is 9.59 Å². The molecule has 0 aliphatic carbocycles. The van der Waals surface area contributed by atoms with Gasteiger partial charge in [0.05, 0.1) is 28.4 Å². The van der Waals surface area contributed by atoms with Crippen LogP contribution in [0.3, 0.4) is 0 Å². The van der Waals surface area contributed by atoms with Gasteiger partial charge >= 0.3 is 0 Å². The zero-order valence-corrected chi connectivity index (χ0v) is 20.1. The third-order valence-electron chi connectivity index (χ3n) is 6.92. The van der Waals surface area contributed by atoms with E-state index in [4.69, 9.17) is 4.98 Å². The summed E-state index contributed by atoms with van der Waals surface area (Å²) in [5.41, 5.74) is 5.41. The summed E-state index contributed by atoms with van der Waals surface area (Å²) in [4.78, 5) is 30.0. The van der Waals surface area contributed by atoms with Crippen molar-refractivity contribution in [1.82, 2.24) is 25.1 Å². The van der Waals surface area contributed by atoms with Crippen LogP contribution in [0.25, 0.3) is 33.5 Å². The lowest BCUT2D eigenvalue weighted by atomic mass is 9.86. The van der Waals surface area contributed by atoms with E-state index in [2.05, 4.69) is 25.4 Å². The fourth-order valence-corrected chi connectivity index (χ4v) is 4.88. The summed E-state index contributed by atoms with van der Waals surface area (Å²) in [6, 6.07) is 21.6. The standard InChI is InChI=1S/C28H26N6O2/c1-28(2)19-15-23-22(16-21(19)31-27(28)36)30-26(25-18-10-6-7-11-20(18)32-33-25)34(23)13-12-29-24(35)14-17-8-4-3-5-9-17/h3-11,15-16H,12-14H2,1-2H3,(H,29,35)(H,31,36)(H,32,33). The molecule has 1 aliphatic heterocycles. The van der Waals surface area contributed by atoms with E-state index >= 15 is 0 Å². The fourth-order valence-electron chi connectivity index (χ4n) is 4.88. The summed E-state index contributed by atoms with van der Waals surface area (Å²) in [7, 11) is 0. The van der Waals surface area contributed by atoms with Crippen molar-refractivity contribution in [2.24, 2.45) is 0 Å². The Morgan fingerprint density at radius 1 is 1.06 bits per heavy atom. The second-order valence-electron chi connectivity index (χ2n) is 9.68. The van der Waals surface area contributed by atoms with Gasteiger partial charge in [-0.25, -0.2) is 4.98 Å². The number of carbonyl (C=O) groups is 2. The van der Waals surface area contributed by atoms with Gasteiger partial charge in [0.15, 0.2) is 5.82 Å². The molecule has 0 spiro atoms. The van der Waals surface area contributed by atoms with Gasteiger partial charge in [-0.2, -0.15) is 5.10 Å². The molecule has 0 saturated carbocycles. The predicted octanol–water partition coefficient (Wildman–Crippen LogP) is 4.17. The number of anilines is 1. The quantitative estimate of drug-likeness (QED) is 0.341. The van der Waals surface area contributed by atoms with Crippen LogP contribution in [0, 0.1) is 0 Å². The number of amides is 2. The smallest absolute Gasteiger partial charge is 0.234 e. The molecule has 180 valence electrons. The number of nitrogens with one attached hydrogen (secondary N) is 3. The van der Waals surface area contributed by atoms with Crippen molar-refractivity contribution >= 4 is 39.4 Å². The number of carbonyl (C=O) groups excluding carboxylic acids is 2. The number of benzene rings is 3. The first-order valence-electron chi connectivity index (χ1n) is 12.0. The Morgan fingerprint density at radius 3 is 2.67 bits per heavy atom. The molecule has 0 saturated heterocycles. The Kier molecular flexibility index (Phi) is 5.10. The van der Waals surface area contributed by atoms with Gasteiger partial charge in [-0.05, 0) is 43.2 Å². The van der Waals surface area contributed by atoms with Crippen molar-refractivity contribution < 1.29 is 9.59 Å². The summed E-state index contributed by atoms with van der Waals surface area (Å²) in [6.45, 7) is 4.79. The highest BCUT2D eigenvalue weighted by Gasteiger charge is 2.39. The minimum Gasteiger partial charge on any atom is -0.354 e. The number of aromatic nitrogens is 4. The lowest BCUT2D eigenvalue weighted by Crippen LogP contribution is -2.28. The maximum atomic E-state index is 12.6. The SMILES string of the molecule is CC1(C)C(=O)Nc2cc3nc(-c4n[nH]c5ccccc45)n(CCNC(=O)Cc4ccccc4)c3cc21. The first kappa shape index (κ1) is 22.0. The summed E-state index contributed by atoms with van der Waals surface area (Å²) < 4.78 is 2.08. The largest absolute Gasteiger partial charge is 0.354 e. The third kappa shape index (κ3) is 3.62. The molecular formula is C28H26N6O2. The molecule has 3 heterocycles. The van der Waals surface area contributed by atoms with Gasteiger partial charge in [0.25, 0.3) is 0 Å². The highest BCUT2D eigenvalue weighted by Crippen LogP contribution is 2.40. The van der Waals surface area contributed by atoms with Crippen molar-refractivity contribution in [3.8, 4) is 11.5 Å². The van der Waals surface area contributed by atoms with Gasteiger partial charge < -0.3 is 15.2 Å². The number of nitrogens with zero attached hydrogens (tertiary/aromatic N) is 3. The lowest BCUT2D eigenvalue weighted by molar-refractivity contribution is -0.120. The molecule has 8 heteroatoms. The average Bonchev–Trinajstić information content (AvgIpc) is 3.51. The second kappa shape index (κ2) is 8.34. The van der Waals surface area contributed by atoms with Gasteiger partial charge in [0.2, 0.25) is 11.8 Å². The maximum absolute atomic E-state index is 12.6. The molecule has 2 amide bonds. The lowest BCUT2D eigenvalue weighted by Gasteiger charge is -2.15. The Hall–Kier alpha value is -4.46. The van der Waals surface area contributed by atoms with Crippen molar-refractivity contribution in [1.29, 1.82) is 0 Å². The Bertz CT molecular complexity index is 1630. The van der Waals surface area contributed by atoms with Crippen molar-refractivity contribution in [3.05, 3.63) is 77.9 Å². The minimum absolute atomic E-state index is 0.0246. The summed E-state index contributed by atoms with van der Waals surface area (Å²) in [5.74, 6) is 0.658. The van der Waals surface area contributed by atoms with Gasteiger partial charge in [-0.15, -0.1) is 0 Å². The van der Waals surface area contributed by atoms with E-state index in [1.807, 2.05) is 80.6 Å². The van der Waals surface area contributed by atoms with Crippen LogP contribution in [-0.2, 0) is 28.0 Å². The number of fused-ring (bicyclic) bond motifs is 3. The van der Waals surface area contributed by atoms with Crippen LogP contribution in [0.4, 0.5) is 5.69 Å². The molecule has 8 nitrogen and oxygen atoms in total. The zero-order chi connectivity index (χ0) is 24.9. The Balaban J connectivity index is 1.38. The zero-order valence-electron chi connectivity index (χ0n) is 20.1. The highest BCUT2D eigenvalue weighted by molar-refractivity contribution is 6.08. The molecule has 0 unspecified atom stereocenters. The molecule has 0 fully saturated rings. The normalized spacial score (nSPS) is 14.2. The van der Waals surface area contributed by atoms with Crippen LogP contribution in [-0.4, -0.2) is 38.1 Å². The number of aromatic amines is 1. The molecule has 3 aromatic carbocycles. The molecule has 2 aromatic heterocycles. The second-order valence-corrected chi connectivity index (χ2v) is 9.68. The molecule has 5 aromatic rings. The molecule has 6 rings (SSSR count). The number of H-pyrrole nitrogens is 1. The maximum Gasteiger partial charge on any atom is 0.234 e. The molecular weight excluding hydrogens is 452 g/mol. The summed E-state index contributed by atoms with van der Waals surface area (Å²) in [5, 5.41) is 14.7. The van der Waals surface area contributed by atoms with E-state index in [0.717, 1.165) is 44.4 Å². The van der Waals surface area contributed by atoms with Crippen LogP contribution >= 0.6 is 0 Å². The summed E-state index contributed by atoms with van der Waals surface area (Å²) in [6.07, 6.45) is 0.331. The number of hydrogen-bond acceptors (Lipinski definition) is 4. The van der Waals surface area contributed by atoms with Crippen molar-refractivity contribution in [2.45, 2.75) is 32.2 Å². The molecule has 36 heavy (non-hydrogen) atoms. The van der Waals surface area contributed by atoms with Gasteiger partial charge in [0.1, 0.15) is 5.69 Å². The molecule has 0 atom stereocenters. The van der Waals surface area contributed by atoms with Crippen molar-refractivity contribution in [2.75, 3.05) is 11.9 Å². The van der Waals surface area contributed by atoms with E-state index in [0.29, 0.717) is 25.3 Å². The minimum atomic E-state index is -0.637. The Morgan fingerprint density at radius 2 is 1.83 bits per heavy atom. The number of imidazole rings is 1. The van der Waals surface area contributed by atoms with E-state index in [-0.39, 0.29) is 11.8 Å². The van der Waals surface area contributed by atoms with E-state index < -0.39 is 5.41 Å². The topological polar surface area (TPSA) is 105 Å².